The third kappa shape index (κ3) is 4.06. The highest BCUT2D eigenvalue weighted by Gasteiger charge is 2.20. The Hall–Kier alpha value is -1.85. The highest BCUT2D eigenvalue weighted by atomic mass is 16.2. The number of carbonyl (C=O) groups is 1. The van der Waals surface area contributed by atoms with E-state index in [1.54, 1.807) is 0 Å². The van der Waals surface area contributed by atoms with E-state index in [0.29, 0.717) is 6.54 Å². The highest BCUT2D eigenvalue weighted by molar-refractivity contribution is 5.81. The predicted octanol–water partition coefficient (Wildman–Crippen LogP) is 1.95. The van der Waals surface area contributed by atoms with Crippen LogP contribution in [0.4, 0.5) is 11.6 Å². The molecule has 0 spiro atoms. The maximum absolute atomic E-state index is 12.2. The molecule has 1 aromatic heterocycles. The van der Waals surface area contributed by atoms with Gasteiger partial charge in [-0.25, -0.2) is 9.97 Å². The van der Waals surface area contributed by atoms with Gasteiger partial charge in [0.15, 0.2) is 0 Å². The van der Waals surface area contributed by atoms with Gasteiger partial charge in [0.05, 0.1) is 6.54 Å². The van der Waals surface area contributed by atoms with E-state index >= 15 is 0 Å². The number of carbonyl (C=O) groups excluding carboxylic acids is 1. The first-order valence-corrected chi connectivity index (χ1v) is 7.47. The molecule has 0 saturated carbocycles. The van der Waals surface area contributed by atoms with Crippen LogP contribution in [0.25, 0.3) is 0 Å². The molecular formula is C15H27N5O. The van der Waals surface area contributed by atoms with Crippen LogP contribution >= 0.6 is 0 Å². The molecule has 1 amide bonds. The van der Waals surface area contributed by atoms with E-state index < -0.39 is 0 Å². The molecule has 0 saturated heterocycles. The zero-order valence-corrected chi connectivity index (χ0v) is 14.0. The molecule has 0 bridgehead atoms. The van der Waals surface area contributed by atoms with Gasteiger partial charge in [-0.3, -0.25) is 4.79 Å². The number of nitrogens with zero attached hydrogens (tertiary/aromatic N) is 4. The average molecular weight is 293 g/mol. The van der Waals surface area contributed by atoms with Gasteiger partial charge in [-0.05, 0) is 19.8 Å². The Balaban J connectivity index is 3.02. The van der Waals surface area contributed by atoms with Crippen molar-refractivity contribution >= 4 is 17.5 Å². The Kier molecular flexibility index (Phi) is 6.39. The molecule has 0 radical (unpaired) electrons. The van der Waals surface area contributed by atoms with Crippen molar-refractivity contribution in [2.24, 2.45) is 0 Å². The topological polar surface area (TPSA) is 61.4 Å². The lowest BCUT2D eigenvalue weighted by atomic mass is 10.0. The van der Waals surface area contributed by atoms with Crippen LogP contribution in [-0.2, 0) is 4.79 Å². The normalized spacial score (nSPS) is 10.6. The lowest BCUT2D eigenvalue weighted by Crippen LogP contribution is -2.39. The van der Waals surface area contributed by atoms with Crippen molar-refractivity contribution in [2.75, 3.05) is 43.9 Å². The lowest BCUT2D eigenvalue weighted by Gasteiger charge is -2.26. The summed E-state index contributed by atoms with van der Waals surface area (Å²) >= 11 is 0. The molecule has 0 fully saturated rings. The second-order valence-electron chi connectivity index (χ2n) is 5.29. The summed E-state index contributed by atoms with van der Waals surface area (Å²) in [5, 5.41) is 3.10. The van der Waals surface area contributed by atoms with E-state index in [4.69, 9.17) is 0 Å². The van der Waals surface area contributed by atoms with E-state index in [2.05, 4.69) is 29.1 Å². The van der Waals surface area contributed by atoms with Gasteiger partial charge >= 0.3 is 0 Å². The third-order valence-corrected chi connectivity index (χ3v) is 3.53. The minimum atomic E-state index is 0.113. The van der Waals surface area contributed by atoms with E-state index in [9.17, 15) is 4.79 Å². The predicted molar refractivity (Wildman–Crippen MR) is 86.9 cm³/mol. The summed E-state index contributed by atoms with van der Waals surface area (Å²) in [6.45, 7) is 9.96. The fourth-order valence-corrected chi connectivity index (χ4v) is 2.38. The first kappa shape index (κ1) is 17.2. The molecule has 0 atom stereocenters. The van der Waals surface area contributed by atoms with Crippen molar-refractivity contribution in [1.29, 1.82) is 0 Å². The average Bonchev–Trinajstić information content (AvgIpc) is 2.47. The molecular weight excluding hydrogens is 266 g/mol. The minimum Gasteiger partial charge on any atom is -0.373 e. The van der Waals surface area contributed by atoms with E-state index in [1.165, 1.54) is 6.33 Å². The quantitative estimate of drug-likeness (QED) is 0.832. The van der Waals surface area contributed by atoms with Crippen molar-refractivity contribution in [3.63, 3.8) is 0 Å². The Bertz CT molecular complexity index is 471. The van der Waals surface area contributed by atoms with Crippen LogP contribution in [0.1, 0.15) is 39.2 Å². The Labute approximate surface area is 127 Å². The van der Waals surface area contributed by atoms with Crippen LogP contribution in [-0.4, -0.2) is 54.5 Å². The number of hydrogen-bond acceptors (Lipinski definition) is 5. The number of hydrogen-bond donors (Lipinski definition) is 1. The molecule has 0 aliphatic rings. The zero-order chi connectivity index (χ0) is 16.0. The molecule has 1 heterocycles. The summed E-state index contributed by atoms with van der Waals surface area (Å²) in [4.78, 5) is 24.6. The molecule has 118 valence electrons. The van der Waals surface area contributed by atoms with Gasteiger partial charge in [0.2, 0.25) is 5.91 Å². The van der Waals surface area contributed by atoms with Crippen LogP contribution in [0.2, 0.25) is 0 Å². The second-order valence-corrected chi connectivity index (χ2v) is 5.29. The van der Waals surface area contributed by atoms with Crippen molar-refractivity contribution in [1.82, 2.24) is 14.9 Å². The maximum atomic E-state index is 12.2. The van der Waals surface area contributed by atoms with Crippen molar-refractivity contribution < 1.29 is 4.79 Å². The summed E-state index contributed by atoms with van der Waals surface area (Å²) in [5.74, 6) is 2.01. The maximum Gasteiger partial charge on any atom is 0.242 e. The van der Waals surface area contributed by atoms with E-state index in [0.717, 1.165) is 30.3 Å². The van der Waals surface area contributed by atoms with Gasteiger partial charge in [-0.15, -0.1) is 0 Å². The largest absolute Gasteiger partial charge is 0.373 e. The first-order chi connectivity index (χ1) is 9.96. The molecule has 1 aromatic rings. The molecule has 0 aromatic carbocycles. The van der Waals surface area contributed by atoms with E-state index in [1.807, 2.05) is 37.7 Å². The number of nitrogens with one attached hydrogen (secondary N) is 1. The number of anilines is 2. The minimum absolute atomic E-state index is 0.113. The third-order valence-electron chi connectivity index (χ3n) is 3.53. The van der Waals surface area contributed by atoms with Gasteiger partial charge in [0.1, 0.15) is 18.0 Å². The Morgan fingerprint density at radius 1 is 1.29 bits per heavy atom. The van der Waals surface area contributed by atoms with Crippen molar-refractivity contribution in [3.05, 3.63) is 11.9 Å². The fourth-order valence-electron chi connectivity index (χ4n) is 2.38. The van der Waals surface area contributed by atoms with E-state index in [-0.39, 0.29) is 11.8 Å². The zero-order valence-electron chi connectivity index (χ0n) is 14.0. The van der Waals surface area contributed by atoms with Gasteiger partial charge < -0.3 is 15.1 Å². The van der Waals surface area contributed by atoms with Crippen LogP contribution in [0.5, 0.6) is 0 Å². The van der Waals surface area contributed by atoms with Crippen molar-refractivity contribution in [3.8, 4) is 0 Å². The molecule has 21 heavy (non-hydrogen) atoms. The van der Waals surface area contributed by atoms with Crippen LogP contribution < -0.4 is 10.2 Å². The Morgan fingerprint density at radius 3 is 2.38 bits per heavy atom. The number of aromatic nitrogens is 2. The van der Waals surface area contributed by atoms with Gasteiger partial charge in [0.25, 0.3) is 0 Å². The molecule has 1 rings (SSSR count). The van der Waals surface area contributed by atoms with Gasteiger partial charge in [-0.2, -0.15) is 0 Å². The SMILES string of the molecule is CCN(CC)C(=O)CN(C)c1ncnc(NC)c1C(C)C. The highest BCUT2D eigenvalue weighted by Crippen LogP contribution is 2.29. The van der Waals surface area contributed by atoms with Crippen molar-refractivity contribution in [2.45, 2.75) is 33.6 Å². The number of amides is 1. The first-order valence-electron chi connectivity index (χ1n) is 7.47. The summed E-state index contributed by atoms with van der Waals surface area (Å²) < 4.78 is 0. The van der Waals surface area contributed by atoms with Crippen LogP contribution in [0.3, 0.4) is 0 Å². The summed E-state index contributed by atoms with van der Waals surface area (Å²) in [5.41, 5.74) is 1.04. The van der Waals surface area contributed by atoms with Crippen LogP contribution in [0.15, 0.2) is 6.33 Å². The number of rotatable bonds is 7. The monoisotopic (exact) mass is 293 g/mol. The lowest BCUT2D eigenvalue weighted by molar-refractivity contribution is -0.129. The summed E-state index contributed by atoms with van der Waals surface area (Å²) in [7, 11) is 3.74. The molecule has 0 unspecified atom stereocenters. The molecule has 1 N–H and O–H groups in total. The summed E-state index contributed by atoms with van der Waals surface area (Å²) in [6.07, 6.45) is 1.53. The van der Waals surface area contributed by atoms with Crippen LogP contribution in [0, 0.1) is 0 Å². The molecule has 0 aliphatic heterocycles. The molecule has 6 heteroatoms. The molecule has 0 aliphatic carbocycles. The summed E-state index contributed by atoms with van der Waals surface area (Å²) in [6, 6.07) is 0. The Morgan fingerprint density at radius 2 is 1.90 bits per heavy atom. The molecule has 6 nitrogen and oxygen atoms in total. The second kappa shape index (κ2) is 7.81. The fraction of sp³-hybridized carbons (Fsp3) is 0.667. The number of likely N-dealkylation sites (N-methyl/N-ethyl adjacent to an activating group) is 2. The van der Waals surface area contributed by atoms with Gasteiger partial charge in [0, 0.05) is 32.7 Å². The standard InChI is InChI=1S/C15H27N5O/c1-7-20(8-2)12(21)9-19(6)15-13(11(3)4)14(16-5)17-10-18-15/h10-11H,7-9H2,1-6H3,(H,16,17,18). The van der Waals surface area contributed by atoms with Gasteiger partial charge in [-0.1, -0.05) is 13.8 Å². The smallest absolute Gasteiger partial charge is 0.242 e.